The highest BCUT2D eigenvalue weighted by Gasteiger charge is 2.22. The molecule has 0 atom stereocenters. The number of hydrogen-bond donors (Lipinski definition) is 1. The molecule has 0 spiro atoms. The van der Waals surface area contributed by atoms with Crippen LogP contribution in [0.4, 0.5) is 5.13 Å². The van der Waals surface area contributed by atoms with Crippen molar-refractivity contribution in [1.82, 2.24) is 24.1 Å². The van der Waals surface area contributed by atoms with Crippen molar-refractivity contribution in [1.29, 1.82) is 0 Å². The van der Waals surface area contributed by atoms with Crippen LogP contribution < -0.4 is 10.2 Å². The Kier molecular flexibility index (Phi) is 8.14. The number of aliphatic imine (C=N–C) groups is 1. The minimum absolute atomic E-state index is 0. The molecular weight excluding hydrogens is 461 g/mol. The Hall–Kier alpha value is -1.36. The van der Waals surface area contributed by atoms with Crippen LogP contribution in [0.5, 0.6) is 0 Å². The molecule has 2 aromatic rings. The van der Waals surface area contributed by atoms with Gasteiger partial charge in [-0.05, 0) is 18.6 Å². The summed E-state index contributed by atoms with van der Waals surface area (Å²) in [5.41, 5.74) is 1.23. The molecule has 1 fully saturated rings. The lowest BCUT2D eigenvalue weighted by Gasteiger charge is -2.36. The smallest absolute Gasteiger partial charge is 0.205 e. The molecule has 0 bridgehead atoms. The fourth-order valence-electron chi connectivity index (χ4n) is 2.87. The lowest BCUT2D eigenvalue weighted by Crippen LogP contribution is -2.52. The van der Waals surface area contributed by atoms with Crippen LogP contribution in [0.2, 0.25) is 0 Å². The van der Waals surface area contributed by atoms with Gasteiger partial charge in [0.25, 0.3) is 0 Å². The lowest BCUT2D eigenvalue weighted by molar-refractivity contribution is 0.372. The molecule has 0 radical (unpaired) electrons. The van der Waals surface area contributed by atoms with Crippen molar-refractivity contribution >= 4 is 46.6 Å². The van der Waals surface area contributed by atoms with Crippen molar-refractivity contribution < 1.29 is 0 Å². The molecule has 9 heteroatoms. The Bertz CT molecular complexity index is 704. The first-order chi connectivity index (χ1) is 12.2. The molecule has 1 aliphatic rings. The second-order valence-corrected chi connectivity index (χ2v) is 6.91. The number of aryl methyl sites for hydroxylation is 2. The number of halogens is 1. The van der Waals surface area contributed by atoms with E-state index in [0.717, 1.165) is 56.1 Å². The van der Waals surface area contributed by atoms with Crippen molar-refractivity contribution in [3.05, 3.63) is 29.8 Å². The van der Waals surface area contributed by atoms with Crippen LogP contribution in [0.15, 0.2) is 23.5 Å². The van der Waals surface area contributed by atoms with Crippen molar-refractivity contribution in [2.75, 3.05) is 37.6 Å². The molecule has 0 aromatic carbocycles. The van der Waals surface area contributed by atoms with Crippen LogP contribution >= 0.6 is 35.5 Å². The van der Waals surface area contributed by atoms with Gasteiger partial charge in [0, 0.05) is 70.1 Å². The minimum atomic E-state index is 0. The van der Waals surface area contributed by atoms with E-state index in [0.29, 0.717) is 6.54 Å². The summed E-state index contributed by atoms with van der Waals surface area (Å²) in [6, 6.07) is 2.12. The van der Waals surface area contributed by atoms with Crippen LogP contribution in [0, 0.1) is 0 Å². The number of nitrogens with one attached hydrogen (secondary N) is 1. The summed E-state index contributed by atoms with van der Waals surface area (Å²) < 4.78 is 6.45. The SMILES string of the molecule is CCNC(=NCc1ccn(C)c1)N1CCN(c2nc(CC)ns2)CC1.I. The van der Waals surface area contributed by atoms with Crippen LogP contribution in [0.25, 0.3) is 0 Å². The van der Waals surface area contributed by atoms with Gasteiger partial charge in [0.2, 0.25) is 5.13 Å². The maximum absolute atomic E-state index is 4.81. The summed E-state index contributed by atoms with van der Waals surface area (Å²) in [6.07, 6.45) is 5.07. The Balaban J connectivity index is 0.00000243. The number of guanidine groups is 1. The monoisotopic (exact) mass is 489 g/mol. The first-order valence-electron chi connectivity index (χ1n) is 8.91. The normalized spacial score (nSPS) is 15.1. The maximum Gasteiger partial charge on any atom is 0.205 e. The van der Waals surface area contributed by atoms with E-state index in [4.69, 9.17) is 4.99 Å². The van der Waals surface area contributed by atoms with E-state index in [1.165, 1.54) is 17.1 Å². The standard InChI is InChI=1S/C17H27N7S.HI/c1-4-15-20-17(25-21-15)24-10-8-23(9-11-24)16(18-5-2)19-12-14-6-7-22(3)13-14;/h6-7,13H,4-5,8-12H2,1-3H3,(H,18,19);1H. The van der Waals surface area contributed by atoms with E-state index in [-0.39, 0.29) is 24.0 Å². The summed E-state index contributed by atoms with van der Waals surface area (Å²) in [4.78, 5) is 14.1. The summed E-state index contributed by atoms with van der Waals surface area (Å²) in [5, 5.41) is 4.47. The number of nitrogens with zero attached hydrogens (tertiary/aromatic N) is 6. The van der Waals surface area contributed by atoms with Gasteiger partial charge in [-0.2, -0.15) is 4.37 Å². The molecule has 3 heterocycles. The van der Waals surface area contributed by atoms with Crippen molar-refractivity contribution in [3.8, 4) is 0 Å². The predicted octanol–water partition coefficient (Wildman–Crippen LogP) is 2.34. The van der Waals surface area contributed by atoms with Crippen LogP contribution in [-0.4, -0.2) is 57.5 Å². The molecule has 1 saturated heterocycles. The zero-order valence-corrected chi connectivity index (χ0v) is 18.8. The van der Waals surface area contributed by atoms with Gasteiger partial charge in [-0.3, -0.25) is 0 Å². The Labute approximate surface area is 176 Å². The molecule has 0 unspecified atom stereocenters. The van der Waals surface area contributed by atoms with Gasteiger partial charge in [-0.15, -0.1) is 24.0 Å². The molecule has 1 N–H and O–H groups in total. The lowest BCUT2D eigenvalue weighted by atomic mass is 10.3. The quantitative estimate of drug-likeness (QED) is 0.397. The first kappa shape index (κ1) is 20.9. The van der Waals surface area contributed by atoms with Gasteiger partial charge < -0.3 is 19.7 Å². The summed E-state index contributed by atoms with van der Waals surface area (Å²) >= 11 is 1.51. The fraction of sp³-hybridized carbons (Fsp3) is 0.588. The van der Waals surface area contributed by atoms with Crippen LogP contribution in [0.3, 0.4) is 0 Å². The average Bonchev–Trinajstić information content (AvgIpc) is 3.27. The summed E-state index contributed by atoms with van der Waals surface area (Å²) in [6.45, 7) is 9.59. The van der Waals surface area contributed by atoms with Gasteiger partial charge in [-0.1, -0.05) is 6.92 Å². The van der Waals surface area contributed by atoms with Crippen LogP contribution in [-0.2, 0) is 20.0 Å². The third-order valence-corrected chi connectivity index (χ3v) is 5.08. The van der Waals surface area contributed by atoms with Crippen molar-refractivity contribution in [3.63, 3.8) is 0 Å². The van der Waals surface area contributed by atoms with Gasteiger partial charge in [0.05, 0.1) is 6.54 Å². The highest BCUT2D eigenvalue weighted by atomic mass is 127. The van der Waals surface area contributed by atoms with E-state index in [9.17, 15) is 0 Å². The average molecular weight is 489 g/mol. The molecule has 7 nitrogen and oxygen atoms in total. The second-order valence-electron chi connectivity index (χ2n) is 6.18. The summed E-state index contributed by atoms with van der Waals surface area (Å²) in [7, 11) is 2.04. The number of aromatic nitrogens is 3. The molecule has 0 aliphatic carbocycles. The zero-order chi connectivity index (χ0) is 17.6. The molecule has 3 rings (SSSR count). The topological polar surface area (TPSA) is 61.6 Å². The van der Waals surface area contributed by atoms with Gasteiger partial charge in [-0.25, -0.2) is 9.98 Å². The second kappa shape index (κ2) is 10.1. The van der Waals surface area contributed by atoms with Gasteiger partial charge in [0.15, 0.2) is 5.96 Å². The number of piperazine rings is 1. The molecule has 2 aromatic heterocycles. The minimum Gasteiger partial charge on any atom is -0.357 e. The number of rotatable bonds is 5. The highest BCUT2D eigenvalue weighted by Crippen LogP contribution is 2.19. The van der Waals surface area contributed by atoms with Crippen molar-refractivity contribution in [2.24, 2.45) is 12.0 Å². The Morgan fingerprint density at radius 2 is 2.04 bits per heavy atom. The van der Waals surface area contributed by atoms with E-state index >= 15 is 0 Å². The first-order valence-corrected chi connectivity index (χ1v) is 9.68. The molecule has 1 aliphatic heterocycles. The van der Waals surface area contributed by atoms with E-state index in [1.807, 2.05) is 7.05 Å². The highest BCUT2D eigenvalue weighted by molar-refractivity contribution is 14.0. The molecule has 26 heavy (non-hydrogen) atoms. The van der Waals surface area contributed by atoms with Gasteiger partial charge in [0.1, 0.15) is 5.82 Å². The van der Waals surface area contributed by atoms with E-state index in [1.54, 1.807) is 0 Å². The number of anilines is 1. The Morgan fingerprint density at radius 1 is 1.27 bits per heavy atom. The van der Waals surface area contributed by atoms with Crippen LogP contribution in [0.1, 0.15) is 25.2 Å². The van der Waals surface area contributed by atoms with Crippen molar-refractivity contribution in [2.45, 2.75) is 26.8 Å². The largest absolute Gasteiger partial charge is 0.357 e. The predicted molar refractivity (Wildman–Crippen MR) is 119 cm³/mol. The molecule has 0 amide bonds. The summed E-state index contributed by atoms with van der Waals surface area (Å²) in [5.74, 6) is 1.94. The molecule has 144 valence electrons. The third kappa shape index (κ3) is 5.32. The van der Waals surface area contributed by atoms with Gasteiger partial charge >= 0.3 is 0 Å². The maximum atomic E-state index is 4.81. The van der Waals surface area contributed by atoms with E-state index in [2.05, 4.69) is 61.3 Å². The van der Waals surface area contributed by atoms with E-state index < -0.39 is 0 Å². The Morgan fingerprint density at radius 3 is 2.62 bits per heavy atom. The fourth-order valence-corrected chi connectivity index (χ4v) is 3.67. The zero-order valence-electron chi connectivity index (χ0n) is 15.7. The molecular formula is C17H28IN7S. The number of hydrogen-bond acceptors (Lipinski definition) is 5. The third-order valence-electron chi connectivity index (χ3n) is 4.26. The molecule has 0 saturated carbocycles.